The van der Waals surface area contributed by atoms with Crippen molar-refractivity contribution in [2.75, 3.05) is 0 Å². The van der Waals surface area contributed by atoms with Gasteiger partial charge >= 0.3 is 5.97 Å². The fourth-order valence-corrected chi connectivity index (χ4v) is 1.71. The molecule has 0 saturated heterocycles. The van der Waals surface area contributed by atoms with Gasteiger partial charge in [0.1, 0.15) is 11.8 Å². The van der Waals surface area contributed by atoms with Gasteiger partial charge in [0.25, 0.3) is 0 Å². The quantitative estimate of drug-likeness (QED) is 0.546. The predicted molar refractivity (Wildman–Crippen MR) is 67.8 cm³/mol. The van der Waals surface area contributed by atoms with E-state index in [2.05, 4.69) is 6.92 Å². The minimum Gasteiger partial charge on any atom is -0.480 e. The van der Waals surface area contributed by atoms with Crippen molar-refractivity contribution in [3.05, 3.63) is 0 Å². The Balaban J connectivity index is 3.36. The molecule has 3 N–H and O–H groups in total. The van der Waals surface area contributed by atoms with Gasteiger partial charge in [0, 0.05) is 12.8 Å². The fourth-order valence-electron chi connectivity index (χ4n) is 1.71. The Morgan fingerprint density at radius 2 is 1.59 bits per heavy atom. The van der Waals surface area contributed by atoms with Gasteiger partial charge in [-0.25, -0.2) is 0 Å². The summed E-state index contributed by atoms with van der Waals surface area (Å²) in [5, 5.41) is 8.55. The van der Waals surface area contributed by atoms with Crippen LogP contribution in [0.1, 0.15) is 64.7 Å². The van der Waals surface area contributed by atoms with Crippen molar-refractivity contribution >= 4 is 11.8 Å². The number of carboxylic acids is 1. The summed E-state index contributed by atoms with van der Waals surface area (Å²) in [6.07, 6.45) is 8.54. The number of carboxylic acid groups (broad SMARTS) is 1. The van der Waals surface area contributed by atoms with Crippen molar-refractivity contribution in [1.29, 1.82) is 0 Å². The molecule has 0 fully saturated rings. The zero-order chi connectivity index (χ0) is 13.1. The molecule has 0 unspecified atom stereocenters. The van der Waals surface area contributed by atoms with E-state index >= 15 is 0 Å². The number of unbranched alkanes of at least 4 members (excludes halogenated alkanes) is 6. The first-order chi connectivity index (χ1) is 8.07. The van der Waals surface area contributed by atoms with E-state index in [0.29, 0.717) is 6.42 Å². The molecule has 0 bridgehead atoms. The van der Waals surface area contributed by atoms with Gasteiger partial charge in [0.2, 0.25) is 0 Å². The van der Waals surface area contributed by atoms with Crippen LogP contribution in [0.3, 0.4) is 0 Å². The van der Waals surface area contributed by atoms with Crippen LogP contribution in [0.5, 0.6) is 0 Å². The van der Waals surface area contributed by atoms with E-state index in [9.17, 15) is 9.59 Å². The third kappa shape index (κ3) is 10.00. The smallest absolute Gasteiger partial charge is 0.320 e. The highest BCUT2D eigenvalue weighted by Crippen LogP contribution is 2.09. The molecule has 0 radical (unpaired) electrons. The number of hydrogen-bond donors (Lipinski definition) is 2. The summed E-state index contributed by atoms with van der Waals surface area (Å²) in [6.45, 7) is 2.18. The minimum absolute atomic E-state index is 0.0338. The topological polar surface area (TPSA) is 80.4 Å². The van der Waals surface area contributed by atoms with E-state index in [1.807, 2.05) is 0 Å². The number of carbonyl (C=O) groups is 2. The second kappa shape index (κ2) is 10.3. The van der Waals surface area contributed by atoms with Crippen molar-refractivity contribution in [2.45, 2.75) is 70.8 Å². The van der Waals surface area contributed by atoms with E-state index in [0.717, 1.165) is 19.3 Å². The van der Waals surface area contributed by atoms with Crippen LogP contribution < -0.4 is 5.73 Å². The zero-order valence-corrected chi connectivity index (χ0v) is 10.8. The number of Topliss-reactive ketones (excluding diaryl/α,β-unsaturated/α-hetero) is 1. The molecule has 0 amide bonds. The van der Waals surface area contributed by atoms with Crippen molar-refractivity contribution in [3.8, 4) is 0 Å². The Morgan fingerprint density at radius 3 is 2.12 bits per heavy atom. The first kappa shape index (κ1) is 16.1. The van der Waals surface area contributed by atoms with Gasteiger partial charge in [-0.05, 0) is 6.42 Å². The summed E-state index contributed by atoms with van der Waals surface area (Å²) in [7, 11) is 0. The average Bonchev–Trinajstić information content (AvgIpc) is 2.27. The molecular weight excluding hydrogens is 218 g/mol. The third-order valence-corrected chi connectivity index (χ3v) is 2.82. The van der Waals surface area contributed by atoms with Gasteiger partial charge in [-0.3, -0.25) is 9.59 Å². The molecule has 0 aromatic carbocycles. The standard InChI is InChI=1S/C13H25NO3/c1-2-3-4-5-6-7-8-9-11(15)10-12(14)13(16)17/h12H,2-10,14H2,1H3,(H,16,17)/t12-/m0/s1. The lowest BCUT2D eigenvalue weighted by Crippen LogP contribution is -2.32. The van der Waals surface area contributed by atoms with Crippen molar-refractivity contribution in [3.63, 3.8) is 0 Å². The second-order valence-electron chi connectivity index (χ2n) is 4.56. The Labute approximate surface area is 104 Å². The van der Waals surface area contributed by atoms with Gasteiger partial charge in [0.05, 0.1) is 0 Å². The maximum atomic E-state index is 11.3. The van der Waals surface area contributed by atoms with Crippen molar-refractivity contribution in [1.82, 2.24) is 0 Å². The fraction of sp³-hybridized carbons (Fsp3) is 0.846. The van der Waals surface area contributed by atoms with Crippen molar-refractivity contribution < 1.29 is 14.7 Å². The number of carbonyl (C=O) groups excluding carboxylic acids is 1. The Hall–Kier alpha value is -0.900. The average molecular weight is 243 g/mol. The molecule has 1 atom stereocenters. The molecule has 0 heterocycles. The van der Waals surface area contributed by atoms with E-state index in [4.69, 9.17) is 10.8 Å². The molecule has 17 heavy (non-hydrogen) atoms. The van der Waals surface area contributed by atoms with Crippen LogP contribution in [0.4, 0.5) is 0 Å². The van der Waals surface area contributed by atoms with Crippen LogP contribution >= 0.6 is 0 Å². The molecule has 0 aliphatic rings. The predicted octanol–water partition coefficient (Wildman–Crippen LogP) is 2.50. The summed E-state index contributed by atoms with van der Waals surface area (Å²) in [6, 6.07) is -1.04. The summed E-state index contributed by atoms with van der Waals surface area (Å²) in [5.41, 5.74) is 5.28. The summed E-state index contributed by atoms with van der Waals surface area (Å²) < 4.78 is 0. The highest BCUT2D eigenvalue weighted by atomic mass is 16.4. The number of ketones is 1. The normalized spacial score (nSPS) is 12.4. The van der Waals surface area contributed by atoms with E-state index in [-0.39, 0.29) is 12.2 Å². The molecule has 0 spiro atoms. The Morgan fingerprint density at radius 1 is 1.06 bits per heavy atom. The van der Waals surface area contributed by atoms with Gasteiger partial charge in [0.15, 0.2) is 0 Å². The molecule has 0 rings (SSSR count). The minimum atomic E-state index is -1.10. The van der Waals surface area contributed by atoms with Crippen molar-refractivity contribution in [2.24, 2.45) is 5.73 Å². The molecule has 0 aliphatic carbocycles. The maximum Gasteiger partial charge on any atom is 0.320 e. The highest BCUT2D eigenvalue weighted by Gasteiger charge is 2.15. The lowest BCUT2D eigenvalue weighted by Gasteiger charge is -2.05. The SMILES string of the molecule is CCCCCCCCCC(=O)C[C@H](N)C(=O)O. The van der Waals surface area contributed by atoms with Gasteiger partial charge in [-0.2, -0.15) is 0 Å². The van der Waals surface area contributed by atoms with E-state index in [1.165, 1.54) is 25.7 Å². The van der Waals surface area contributed by atoms with Gasteiger partial charge in [-0.15, -0.1) is 0 Å². The summed E-state index contributed by atoms with van der Waals surface area (Å²) in [4.78, 5) is 21.8. The Kier molecular flexibility index (Phi) is 9.72. The molecule has 4 heteroatoms. The number of aliphatic carboxylic acids is 1. The number of rotatable bonds is 11. The lowest BCUT2D eigenvalue weighted by molar-refractivity contribution is -0.140. The third-order valence-electron chi connectivity index (χ3n) is 2.82. The molecule has 0 aliphatic heterocycles. The Bertz CT molecular complexity index is 229. The first-order valence-electron chi connectivity index (χ1n) is 6.58. The molecule has 0 aromatic heterocycles. The van der Waals surface area contributed by atoms with Crippen LogP contribution in [-0.4, -0.2) is 22.9 Å². The highest BCUT2D eigenvalue weighted by molar-refractivity contribution is 5.85. The molecule has 0 saturated carbocycles. The molecular formula is C13H25NO3. The summed E-state index contributed by atoms with van der Waals surface area (Å²) >= 11 is 0. The molecule has 100 valence electrons. The monoisotopic (exact) mass is 243 g/mol. The van der Waals surface area contributed by atoms with Crippen LogP contribution in [0.2, 0.25) is 0 Å². The number of nitrogens with two attached hydrogens (primary N) is 1. The largest absolute Gasteiger partial charge is 0.480 e. The molecule has 4 nitrogen and oxygen atoms in total. The zero-order valence-electron chi connectivity index (χ0n) is 10.8. The first-order valence-corrected chi connectivity index (χ1v) is 6.58. The van der Waals surface area contributed by atoms with Crippen LogP contribution in [0, 0.1) is 0 Å². The van der Waals surface area contributed by atoms with E-state index < -0.39 is 12.0 Å². The van der Waals surface area contributed by atoms with E-state index in [1.54, 1.807) is 0 Å². The van der Waals surface area contributed by atoms with Crippen LogP contribution in [0.15, 0.2) is 0 Å². The van der Waals surface area contributed by atoms with Gasteiger partial charge in [-0.1, -0.05) is 45.4 Å². The molecule has 0 aromatic rings. The van der Waals surface area contributed by atoms with Crippen LogP contribution in [0.25, 0.3) is 0 Å². The lowest BCUT2D eigenvalue weighted by atomic mass is 10.0. The maximum absolute atomic E-state index is 11.3. The second-order valence-corrected chi connectivity index (χ2v) is 4.56. The van der Waals surface area contributed by atoms with Crippen LogP contribution in [-0.2, 0) is 9.59 Å². The summed E-state index contributed by atoms with van der Waals surface area (Å²) in [5.74, 6) is -1.13. The van der Waals surface area contributed by atoms with Gasteiger partial charge < -0.3 is 10.8 Å². The number of hydrogen-bond acceptors (Lipinski definition) is 3.